The molecule has 1 aromatic heterocycles. The lowest BCUT2D eigenvalue weighted by Gasteiger charge is -2.27. The maximum Gasteiger partial charge on any atom is 0.241 e. The van der Waals surface area contributed by atoms with Crippen LogP contribution in [0, 0.1) is 0 Å². The van der Waals surface area contributed by atoms with Crippen LogP contribution in [0.2, 0.25) is 15.1 Å². The van der Waals surface area contributed by atoms with Crippen molar-refractivity contribution in [3.63, 3.8) is 0 Å². The van der Waals surface area contributed by atoms with Crippen molar-refractivity contribution in [1.29, 1.82) is 0 Å². The molecule has 2 aromatic carbocycles. The molecule has 0 aliphatic heterocycles. The highest BCUT2D eigenvalue weighted by atomic mass is 35.5. The lowest BCUT2D eigenvalue weighted by atomic mass is 10.1. The number of hydrogen-bond donors (Lipinski definition) is 1. The Bertz CT molecular complexity index is 1250. The third-order valence-corrected chi connectivity index (χ3v) is 8.87. The molecule has 0 radical (unpaired) electrons. The minimum atomic E-state index is -3.42. The first-order chi connectivity index (χ1) is 15.9. The maximum absolute atomic E-state index is 13.8. The second-order valence-electron chi connectivity index (χ2n) is 9.03. The average Bonchev–Trinajstić information content (AvgIpc) is 3.08. The molecule has 5 nitrogen and oxygen atoms in total. The number of benzene rings is 2. The topological polar surface area (TPSA) is 55.4 Å². The molecule has 0 saturated carbocycles. The van der Waals surface area contributed by atoms with Crippen molar-refractivity contribution in [2.24, 2.45) is 0 Å². The smallest absolute Gasteiger partial charge is 0.241 e. The molecule has 0 spiro atoms. The molecule has 34 heavy (non-hydrogen) atoms. The Kier molecular flexibility index (Phi) is 8.91. The third kappa shape index (κ3) is 7.32. The molecule has 182 valence electrons. The van der Waals surface area contributed by atoms with Crippen molar-refractivity contribution < 1.29 is 18.4 Å². The number of thiophene rings is 1. The number of nitrogens with zero attached hydrogens (tertiary/aromatic N) is 1. The van der Waals surface area contributed by atoms with Crippen LogP contribution in [-0.2, 0) is 13.9 Å². The second-order valence-corrected chi connectivity index (χ2v) is 13.8. The first kappa shape index (κ1) is 27.2. The van der Waals surface area contributed by atoms with E-state index >= 15 is 0 Å². The molecule has 0 bridgehead atoms. The normalized spacial score (nSPS) is 14.9. The standard InChI is InChI=1S/C24H26Cl3N2O3PS/c1-29(2,3)9-10-32-33(4,31)23(21-15-34-22-6-5-17(25)14-20(21)22)24(30)28-8-7-16-11-18(26)13-19(27)12-16/h5-8,11-15,23H,9-10H2,1-4H3/p+1. The Morgan fingerprint density at radius 2 is 1.79 bits per heavy atom. The van der Waals surface area contributed by atoms with Gasteiger partial charge in [-0.2, -0.15) is 0 Å². The first-order valence-electron chi connectivity index (χ1n) is 10.5. The van der Waals surface area contributed by atoms with Gasteiger partial charge in [-0.05, 0) is 64.4 Å². The Hall–Kier alpha value is -1.37. The number of nitrogens with one attached hydrogen (secondary N) is 1. The monoisotopic (exact) mass is 559 g/mol. The summed E-state index contributed by atoms with van der Waals surface area (Å²) >= 11 is 19.8. The predicted octanol–water partition coefficient (Wildman–Crippen LogP) is 7.32. The van der Waals surface area contributed by atoms with Crippen LogP contribution in [0.15, 0.2) is 48.0 Å². The Labute approximate surface area is 219 Å². The van der Waals surface area contributed by atoms with Crippen molar-refractivity contribution in [2.45, 2.75) is 5.66 Å². The molecule has 0 fully saturated rings. The van der Waals surface area contributed by atoms with Crippen molar-refractivity contribution in [1.82, 2.24) is 5.32 Å². The highest BCUT2D eigenvalue weighted by Crippen LogP contribution is 2.59. The van der Waals surface area contributed by atoms with Crippen LogP contribution in [0.1, 0.15) is 16.8 Å². The number of hydrogen-bond acceptors (Lipinski definition) is 4. The number of quaternary nitrogens is 1. The summed E-state index contributed by atoms with van der Waals surface area (Å²) in [6, 6.07) is 10.5. The van der Waals surface area contributed by atoms with E-state index in [9.17, 15) is 9.36 Å². The molecule has 1 amide bonds. The third-order valence-electron chi connectivity index (χ3n) is 5.07. The quantitative estimate of drug-likeness (QED) is 0.220. The van der Waals surface area contributed by atoms with Gasteiger partial charge in [-0.15, -0.1) is 11.3 Å². The van der Waals surface area contributed by atoms with Crippen LogP contribution >= 0.6 is 53.5 Å². The minimum Gasteiger partial charge on any atom is -0.332 e. The summed E-state index contributed by atoms with van der Waals surface area (Å²) in [6.07, 6.45) is 3.17. The summed E-state index contributed by atoms with van der Waals surface area (Å²) in [5, 5.41) is 6.92. The van der Waals surface area contributed by atoms with Crippen molar-refractivity contribution in [3.05, 3.63) is 74.2 Å². The molecule has 0 aliphatic carbocycles. The van der Waals surface area contributed by atoms with Gasteiger partial charge in [0.1, 0.15) is 18.8 Å². The fourth-order valence-corrected chi connectivity index (χ4v) is 6.98. The van der Waals surface area contributed by atoms with Gasteiger partial charge in [-0.25, -0.2) is 0 Å². The highest BCUT2D eigenvalue weighted by molar-refractivity contribution is 7.59. The van der Waals surface area contributed by atoms with Gasteiger partial charge in [-0.3, -0.25) is 9.36 Å². The zero-order chi connectivity index (χ0) is 25.1. The molecule has 2 atom stereocenters. The van der Waals surface area contributed by atoms with Crippen LogP contribution < -0.4 is 5.32 Å². The minimum absolute atomic E-state index is 0.265. The van der Waals surface area contributed by atoms with Crippen LogP contribution in [0.3, 0.4) is 0 Å². The predicted molar refractivity (Wildman–Crippen MR) is 146 cm³/mol. The molecule has 1 N–H and O–H groups in total. The molecule has 0 saturated heterocycles. The Morgan fingerprint density at radius 3 is 2.44 bits per heavy atom. The summed E-state index contributed by atoms with van der Waals surface area (Å²) in [6.45, 7) is 2.43. The van der Waals surface area contributed by atoms with E-state index in [0.717, 1.165) is 15.6 Å². The summed E-state index contributed by atoms with van der Waals surface area (Å²) < 4.78 is 21.3. The van der Waals surface area contributed by atoms with E-state index in [1.54, 1.807) is 36.4 Å². The average molecular weight is 561 g/mol. The number of halogens is 3. The van der Waals surface area contributed by atoms with Crippen LogP contribution in [0.5, 0.6) is 0 Å². The number of carbonyl (C=O) groups excluding carboxylic acids is 1. The van der Waals surface area contributed by atoms with Gasteiger partial charge in [0.15, 0.2) is 0 Å². The van der Waals surface area contributed by atoms with Crippen LogP contribution in [-0.4, -0.2) is 51.3 Å². The van der Waals surface area contributed by atoms with E-state index in [-0.39, 0.29) is 6.61 Å². The number of fused-ring (bicyclic) bond motifs is 1. The van der Waals surface area contributed by atoms with Gasteiger partial charge in [-0.1, -0.05) is 34.8 Å². The fourth-order valence-electron chi connectivity index (χ4n) is 3.38. The zero-order valence-corrected chi connectivity index (χ0v) is 23.3. The van der Waals surface area contributed by atoms with E-state index in [2.05, 4.69) is 5.32 Å². The van der Waals surface area contributed by atoms with Gasteiger partial charge >= 0.3 is 0 Å². The second kappa shape index (κ2) is 11.1. The van der Waals surface area contributed by atoms with E-state index in [1.165, 1.54) is 24.2 Å². The van der Waals surface area contributed by atoms with Crippen molar-refractivity contribution in [2.75, 3.05) is 41.0 Å². The van der Waals surface area contributed by atoms with Gasteiger partial charge in [0, 0.05) is 32.6 Å². The van der Waals surface area contributed by atoms with Gasteiger partial charge in [0.05, 0.1) is 21.1 Å². The maximum atomic E-state index is 13.8. The van der Waals surface area contributed by atoms with E-state index in [1.807, 2.05) is 32.6 Å². The SMILES string of the molecule is C[N+](C)(C)CCOP(C)(=O)C(C(=O)NC=Cc1cc(Cl)cc(Cl)c1)c1csc2ccc(Cl)cc12. The number of amides is 1. The number of carbonyl (C=O) groups is 1. The fraction of sp³-hybridized carbons (Fsp3) is 0.292. The molecular weight excluding hydrogens is 534 g/mol. The van der Waals surface area contributed by atoms with Crippen LogP contribution in [0.25, 0.3) is 16.2 Å². The largest absolute Gasteiger partial charge is 0.332 e. The van der Waals surface area contributed by atoms with Crippen molar-refractivity contribution >= 4 is 75.6 Å². The number of rotatable bonds is 9. The van der Waals surface area contributed by atoms with Gasteiger partial charge in [0.25, 0.3) is 0 Å². The Balaban J connectivity index is 1.92. The summed E-state index contributed by atoms with van der Waals surface area (Å²) in [4.78, 5) is 13.4. The molecular formula is C24H27Cl3N2O3PS+. The van der Waals surface area contributed by atoms with Gasteiger partial charge < -0.3 is 14.3 Å². The van der Waals surface area contributed by atoms with E-state index in [0.29, 0.717) is 31.7 Å². The Morgan fingerprint density at radius 1 is 1.12 bits per heavy atom. The first-order valence-corrected chi connectivity index (χ1v) is 14.6. The zero-order valence-electron chi connectivity index (χ0n) is 19.3. The summed E-state index contributed by atoms with van der Waals surface area (Å²) in [5.41, 5.74) is 0.357. The summed E-state index contributed by atoms with van der Waals surface area (Å²) in [5.74, 6) is -0.430. The molecule has 1 heterocycles. The van der Waals surface area contributed by atoms with E-state index < -0.39 is 18.9 Å². The number of likely N-dealkylation sites (N-methyl/N-ethyl adjacent to an activating group) is 1. The van der Waals surface area contributed by atoms with Crippen LogP contribution in [0.4, 0.5) is 0 Å². The lowest BCUT2D eigenvalue weighted by Crippen LogP contribution is -2.37. The lowest BCUT2D eigenvalue weighted by molar-refractivity contribution is -0.870. The highest BCUT2D eigenvalue weighted by Gasteiger charge is 2.38. The molecule has 0 aliphatic rings. The molecule has 10 heteroatoms. The summed E-state index contributed by atoms with van der Waals surface area (Å²) in [7, 11) is 2.65. The van der Waals surface area contributed by atoms with Crippen molar-refractivity contribution in [3.8, 4) is 0 Å². The van der Waals surface area contributed by atoms with Gasteiger partial charge in [0.2, 0.25) is 13.3 Å². The van der Waals surface area contributed by atoms with E-state index in [4.69, 9.17) is 39.3 Å². The molecule has 3 rings (SSSR count). The molecule has 3 aromatic rings. The molecule has 2 unspecified atom stereocenters.